The van der Waals surface area contributed by atoms with Crippen LogP contribution >= 0.6 is 27.5 Å². The van der Waals surface area contributed by atoms with E-state index in [1.54, 1.807) is 13.3 Å². The van der Waals surface area contributed by atoms with Crippen LogP contribution in [0.1, 0.15) is 5.56 Å². The Bertz CT molecular complexity index is 577. The molecule has 94 valence electrons. The molecule has 0 atom stereocenters. The lowest BCUT2D eigenvalue weighted by molar-refractivity contribution is 0.394. The van der Waals surface area contributed by atoms with Crippen molar-refractivity contribution in [2.24, 2.45) is 0 Å². The lowest BCUT2D eigenvalue weighted by Crippen LogP contribution is -1.99. The molecule has 0 radical (unpaired) electrons. The van der Waals surface area contributed by atoms with Crippen molar-refractivity contribution in [3.05, 3.63) is 39.5 Å². The highest BCUT2D eigenvalue weighted by Crippen LogP contribution is 2.25. The van der Waals surface area contributed by atoms with Crippen molar-refractivity contribution in [3.8, 4) is 5.88 Å². The number of methoxy groups -OCH3 is 1. The first-order valence-corrected chi connectivity index (χ1v) is 6.37. The smallest absolute Gasteiger partial charge is 0.232 e. The molecular weight excluding hydrogens is 318 g/mol. The second-order valence-corrected chi connectivity index (χ2v) is 4.90. The van der Waals surface area contributed by atoms with Crippen LogP contribution in [-0.4, -0.2) is 17.1 Å². The van der Waals surface area contributed by atoms with Gasteiger partial charge in [0.05, 0.1) is 17.8 Å². The Morgan fingerprint density at radius 3 is 2.83 bits per heavy atom. The van der Waals surface area contributed by atoms with Crippen molar-refractivity contribution in [2.75, 3.05) is 12.4 Å². The standard InChI is InChI=1S/C12H11BrClN3O/c1-7-5-8(3-4-10(7)14)16-12-15-6-9(13)11(17-12)18-2/h3-6H,1-2H3,(H,15,16,17). The minimum Gasteiger partial charge on any atom is -0.480 e. The molecule has 1 heterocycles. The first-order valence-electron chi connectivity index (χ1n) is 5.20. The second kappa shape index (κ2) is 5.54. The fourth-order valence-corrected chi connectivity index (χ4v) is 1.88. The van der Waals surface area contributed by atoms with Gasteiger partial charge < -0.3 is 10.1 Å². The van der Waals surface area contributed by atoms with E-state index in [2.05, 4.69) is 31.2 Å². The maximum Gasteiger partial charge on any atom is 0.232 e. The van der Waals surface area contributed by atoms with Gasteiger partial charge in [0, 0.05) is 10.7 Å². The molecule has 0 amide bonds. The number of nitrogens with zero attached hydrogens (tertiary/aromatic N) is 2. The normalized spacial score (nSPS) is 10.2. The molecular formula is C12H11BrClN3O. The van der Waals surface area contributed by atoms with Crippen LogP contribution in [0.15, 0.2) is 28.9 Å². The molecule has 0 aliphatic heterocycles. The Morgan fingerprint density at radius 2 is 2.17 bits per heavy atom. The molecule has 1 aromatic heterocycles. The zero-order chi connectivity index (χ0) is 13.1. The molecule has 1 N–H and O–H groups in total. The van der Waals surface area contributed by atoms with Crippen LogP contribution in [-0.2, 0) is 0 Å². The Morgan fingerprint density at radius 1 is 1.39 bits per heavy atom. The highest BCUT2D eigenvalue weighted by Gasteiger charge is 2.05. The molecule has 0 saturated carbocycles. The van der Waals surface area contributed by atoms with Crippen molar-refractivity contribution in [1.29, 1.82) is 0 Å². The van der Waals surface area contributed by atoms with Crippen molar-refractivity contribution in [1.82, 2.24) is 9.97 Å². The summed E-state index contributed by atoms with van der Waals surface area (Å²) in [5.74, 6) is 0.954. The van der Waals surface area contributed by atoms with E-state index in [9.17, 15) is 0 Å². The molecule has 2 rings (SSSR count). The first kappa shape index (κ1) is 13.1. The zero-order valence-corrected chi connectivity index (χ0v) is 12.2. The summed E-state index contributed by atoms with van der Waals surface area (Å²) in [6, 6.07) is 5.63. The van der Waals surface area contributed by atoms with Gasteiger partial charge in [-0.3, -0.25) is 0 Å². The largest absolute Gasteiger partial charge is 0.480 e. The highest BCUT2D eigenvalue weighted by atomic mass is 79.9. The van der Waals surface area contributed by atoms with E-state index in [1.165, 1.54) is 0 Å². The summed E-state index contributed by atoms with van der Waals surface area (Å²) in [5, 5.41) is 3.82. The maximum absolute atomic E-state index is 5.97. The predicted octanol–water partition coefficient (Wildman–Crippen LogP) is 3.95. The molecule has 0 bridgehead atoms. The topological polar surface area (TPSA) is 47.0 Å². The third kappa shape index (κ3) is 2.91. The molecule has 18 heavy (non-hydrogen) atoms. The Kier molecular flexibility index (Phi) is 4.04. The molecule has 0 unspecified atom stereocenters. The lowest BCUT2D eigenvalue weighted by Gasteiger charge is -2.08. The third-order valence-electron chi connectivity index (χ3n) is 2.32. The fraction of sp³-hybridized carbons (Fsp3) is 0.167. The van der Waals surface area contributed by atoms with E-state index >= 15 is 0 Å². The highest BCUT2D eigenvalue weighted by molar-refractivity contribution is 9.10. The quantitative estimate of drug-likeness (QED) is 0.926. The number of anilines is 2. The van der Waals surface area contributed by atoms with Gasteiger partial charge in [0.1, 0.15) is 0 Å². The van der Waals surface area contributed by atoms with Crippen LogP contribution < -0.4 is 10.1 Å². The number of ether oxygens (including phenoxy) is 1. The monoisotopic (exact) mass is 327 g/mol. The molecule has 0 spiro atoms. The summed E-state index contributed by atoms with van der Waals surface area (Å²) in [6.07, 6.45) is 1.64. The van der Waals surface area contributed by atoms with Gasteiger partial charge in [-0.05, 0) is 46.6 Å². The molecule has 0 aliphatic carbocycles. The molecule has 0 saturated heterocycles. The van der Waals surface area contributed by atoms with Crippen LogP contribution in [0.25, 0.3) is 0 Å². The van der Waals surface area contributed by atoms with Crippen molar-refractivity contribution in [3.63, 3.8) is 0 Å². The number of nitrogens with one attached hydrogen (secondary N) is 1. The summed E-state index contributed by atoms with van der Waals surface area (Å²) in [6.45, 7) is 1.94. The lowest BCUT2D eigenvalue weighted by atomic mass is 10.2. The average Bonchev–Trinajstić information content (AvgIpc) is 2.36. The van der Waals surface area contributed by atoms with E-state index in [1.807, 2.05) is 25.1 Å². The molecule has 6 heteroatoms. The summed E-state index contributed by atoms with van der Waals surface area (Å²) in [7, 11) is 1.56. The zero-order valence-electron chi connectivity index (χ0n) is 9.87. The molecule has 2 aromatic rings. The minimum atomic E-state index is 0.469. The van der Waals surface area contributed by atoms with Crippen LogP contribution in [0, 0.1) is 6.92 Å². The van der Waals surface area contributed by atoms with Gasteiger partial charge in [-0.1, -0.05) is 11.6 Å². The number of rotatable bonds is 3. The SMILES string of the molecule is COc1nc(Nc2ccc(Cl)c(C)c2)ncc1Br. The summed E-state index contributed by atoms with van der Waals surface area (Å²) >= 11 is 9.27. The van der Waals surface area contributed by atoms with Crippen LogP contribution in [0.3, 0.4) is 0 Å². The summed E-state index contributed by atoms with van der Waals surface area (Å²) in [5.41, 5.74) is 1.87. The van der Waals surface area contributed by atoms with Crippen molar-refractivity contribution < 1.29 is 4.74 Å². The van der Waals surface area contributed by atoms with E-state index in [0.717, 1.165) is 16.3 Å². The number of halogens is 2. The van der Waals surface area contributed by atoms with Crippen LogP contribution in [0.2, 0.25) is 5.02 Å². The second-order valence-electron chi connectivity index (χ2n) is 3.64. The average molecular weight is 329 g/mol. The van der Waals surface area contributed by atoms with Gasteiger partial charge in [-0.15, -0.1) is 0 Å². The number of benzene rings is 1. The van der Waals surface area contributed by atoms with Crippen molar-refractivity contribution >= 4 is 39.2 Å². The maximum atomic E-state index is 5.97. The minimum absolute atomic E-state index is 0.469. The summed E-state index contributed by atoms with van der Waals surface area (Å²) < 4.78 is 5.82. The van der Waals surface area contributed by atoms with Gasteiger partial charge in [-0.2, -0.15) is 4.98 Å². The first-order chi connectivity index (χ1) is 8.60. The number of hydrogen-bond acceptors (Lipinski definition) is 4. The van der Waals surface area contributed by atoms with E-state index in [4.69, 9.17) is 16.3 Å². The van der Waals surface area contributed by atoms with E-state index in [0.29, 0.717) is 16.3 Å². The van der Waals surface area contributed by atoms with Gasteiger partial charge in [-0.25, -0.2) is 4.98 Å². The fourth-order valence-electron chi connectivity index (χ4n) is 1.41. The van der Waals surface area contributed by atoms with Crippen molar-refractivity contribution in [2.45, 2.75) is 6.92 Å². The van der Waals surface area contributed by atoms with Crippen LogP contribution in [0.4, 0.5) is 11.6 Å². The van der Waals surface area contributed by atoms with Crippen LogP contribution in [0.5, 0.6) is 5.88 Å². The van der Waals surface area contributed by atoms with E-state index in [-0.39, 0.29) is 0 Å². The summed E-state index contributed by atoms with van der Waals surface area (Å²) in [4.78, 5) is 8.37. The third-order valence-corrected chi connectivity index (χ3v) is 3.29. The van der Waals surface area contributed by atoms with Gasteiger partial charge in [0.2, 0.25) is 11.8 Å². The Hall–Kier alpha value is -1.33. The molecule has 0 fully saturated rings. The van der Waals surface area contributed by atoms with Gasteiger partial charge in [0.15, 0.2) is 0 Å². The predicted molar refractivity (Wildman–Crippen MR) is 75.8 cm³/mol. The molecule has 4 nitrogen and oxygen atoms in total. The number of aryl methyl sites for hydroxylation is 1. The van der Waals surface area contributed by atoms with Gasteiger partial charge in [0.25, 0.3) is 0 Å². The molecule has 1 aromatic carbocycles. The molecule has 0 aliphatic rings. The number of aromatic nitrogens is 2. The van der Waals surface area contributed by atoms with Gasteiger partial charge >= 0.3 is 0 Å². The Balaban J connectivity index is 2.25. The van der Waals surface area contributed by atoms with E-state index < -0.39 is 0 Å². The number of hydrogen-bond donors (Lipinski definition) is 1. The Labute approximate surface area is 118 Å².